The fourth-order valence-corrected chi connectivity index (χ4v) is 11.7. The van der Waals surface area contributed by atoms with Crippen LogP contribution in [0.3, 0.4) is 0 Å². The van der Waals surface area contributed by atoms with Crippen molar-refractivity contribution in [1.82, 2.24) is 15.0 Å². The van der Waals surface area contributed by atoms with Crippen LogP contribution < -0.4 is 0 Å². The van der Waals surface area contributed by atoms with Gasteiger partial charge in [0.15, 0.2) is 17.5 Å². The van der Waals surface area contributed by atoms with Gasteiger partial charge >= 0.3 is 0 Å². The smallest absolute Gasteiger partial charge is 0.164 e. The zero-order valence-electron chi connectivity index (χ0n) is 31.8. The van der Waals surface area contributed by atoms with Crippen LogP contribution in [0.4, 0.5) is 0 Å². The molecule has 2 bridgehead atoms. The van der Waals surface area contributed by atoms with Crippen molar-refractivity contribution < 1.29 is 0 Å². The van der Waals surface area contributed by atoms with Crippen molar-refractivity contribution >= 4 is 0 Å². The van der Waals surface area contributed by atoms with Gasteiger partial charge in [-0.1, -0.05) is 135 Å². The molecule has 2 unspecified atom stereocenters. The van der Waals surface area contributed by atoms with E-state index < -0.39 is 5.41 Å². The summed E-state index contributed by atoms with van der Waals surface area (Å²) in [4.78, 5) is 15.6. The second-order valence-corrected chi connectivity index (χ2v) is 17.2. The summed E-state index contributed by atoms with van der Waals surface area (Å²) >= 11 is 0. The molecule has 0 N–H and O–H groups in total. The van der Waals surface area contributed by atoms with E-state index in [2.05, 4.69) is 135 Å². The highest BCUT2D eigenvalue weighted by atomic mass is 15.0. The van der Waals surface area contributed by atoms with Crippen LogP contribution >= 0.6 is 0 Å². The molecule has 7 aromatic rings. The molecule has 1 spiro atoms. The fourth-order valence-electron chi connectivity index (χ4n) is 11.7. The van der Waals surface area contributed by atoms with Crippen LogP contribution in [-0.4, -0.2) is 15.0 Å². The van der Waals surface area contributed by atoms with Gasteiger partial charge in [0, 0.05) is 16.7 Å². The minimum Gasteiger partial charge on any atom is -0.208 e. The van der Waals surface area contributed by atoms with Crippen molar-refractivity contribution in [3.05, 3.63) is 173 Å². The number of fused-ring (bicyclic) bond motifs is 12. The van der Waals surface area contributed by atoms with E-state index in [9.17, 15) is 5.26 Å². The van der Waals surface area contributed by atoms with Gasteiger partial charge in [-0.15, -0.1) is 0 Å². The van der Waals surface area contributed by atoms with Gasteiger partial charge in [-0.25, -0.2) is 15.0 Å². The molecule has 6 aromatic carbocycles. The lowest BCUT2D eigenvalue weighted by Gasteiger charge is -2.50. The second-order valence-electron chi connectivity index (χ2n) is 17.2. The minimum atomic E-state index is -0.540. The maximum atomic E-state index is 9.99. The third-order valence-electron chi connectivity index (χ3n) is 13.5. The van der Waals surface area contributed by atoms with Crippen LogP contribution in [0.25, 0.3) is 56.4 Å². The van der Waals surface area contributed by atoms with Gasteiger partial charge in [0.1, 0.15) is 0 Å². The molecular formula is C52H42N4. The zero-order chi connectivity index (χ0) is 37.6. The van der Waals surface area contributed by atoms with Crippen molar-refractivity contribution in [2.75, 3.05) is 0 Å². The summed E-state index contributed by atoms with van der Waals surface area (Å²) in [6.07, 6.45) is 6.60. The van der Waals surface area contributed by atoms with Gasteiger partial charge in [-0.05, 0) is 124 Å². The second kappa shape index (κ2) is 12.4. The van der Waals surface area contributed by atoms with Gasteiger partial charge < -0.3 is 0 Å². The molecule has 0 saturated heterocycles. The quantitative estimate of drug-likeness (QED) is 0.181. The van der Waals surface area contributed by atoms with Crippen molar-refractivity contribution in [2.45, 2.75) is 56.8 Å². The third-order valence-corrected chi connectivity index (χ3v) is 13.5. The zero-order valence-corrected chi connectivity index (χ0v) is 31.8. The largest absolute Gasteiger partial charge is 0.208 e. The summed E-state index contributed by atoms with van der Waals surface area (Å²) < 4.78 is 0. The molecule has 11 rings (SSSR count). The standard InChI is InChI=1S/C52H42N4/c1-32-24-35-25-33(2)29-51(28-32,30-35)39-20-17-37(18-21-39)49-54-48(36-10-4-3-5-11-36)55-50(56-49)38-19-22-42-43-26-34(31-53)16-23-46(43)52(47(42)27-38)44-14-8-6-12-40(44)41-13-7-9-15-45(41)52/h3-23,26-27,32-33,35H,24-25,28-30H2,1-2H3/t32-,33+,35?,51?. The van der Waals surface area contributed by atoms with Gasteiger partial charge in [0.25, 0.3) is 0 Å². The first-order valence-corrected chi connectivity index (χ1v) is 20.3. The third kappa shape index (κ3) is 4.86. The molecule has 270 valence electrons. The fraction of sp³-hybridized carbons (Fsp3) is 0.231. The first-order valence-electron chi connectivity index (χ1n) is 20.3. The predicted octanol–water partition coefficient (Wildman–Crippen LogP) is 12.2. The maximum absolute atomic E-state index is 9.99. The van der Waals surface area contributed by atoms with E-state index in [4.69, 9.17) is 15.0 Å². The molecule has 1 aromatic heterocycles. The Balaban J connectivity index is 1.08. The molecular weight excluding hydrogens is 681 g/mol. The van der Waals surface area contributed by atoms with Gasteiger partial charge in [0.05, 0.1) is 17.0 Å². The van der Waals surface area contributed by atoms with Gasteiger partial charge in [0.2, 0.25) is 0 Å². The Morgan fingerprint density at radius 3 is 1.68 bits per heavy atom. The molecule has 56 heavy (non-hydrogen) atoms. The SMILES string of the molecule is C[C@@H]1CC2C[C@H](C)CC(c3ccc(-c4nc(-c5ccccc5)nc(-c5ccc6c(c5)C5(c7ccccc7-c7ccccc75)c5ccc(C#N)cc5-6)n4)cc3)(C2)C1. The van der Waals surface area contributed by atoms with E-state index in [-0.39, 0.29) is 5.41 Å². The Hall–Kier alpha value is -6.18. The minimum absolute atomic E-state index is 0.265. The first kappa shape index (κ1) is 33.2. The number of nitriles is 1. The molecule has 4 nitrogen and oxygen atoms in total. The average molecular weight is 723 g/mol. The molecule has 4 aliphatic carbocycles. The number of rotatable bonds is 4. The summed E-state index contributed by atoms with van der Waals surface area (Å²) in [5.74, 6) is 4.34. The molecule has 0 amide bonds. The van der Waals surface area contributed by atoms with Crippen LogP contribution in [0.1, 0.15) is 79.3 Å². The number of aromatic nitrogens is 3. The molecule has 0 aliphatic heterocycles. The lowest BCUT2D eigenvalue weighted by atomic mass is 9.54. The number of nitrogens with zero attached hydrogens (tertiary/aromatic N) is 4. The molecule has 2 fully saturated rings. The normalized spacial score (nSPS) is 22.1. The van der Waals surface area contributed by atoms with Crippen LogP contribution in [0.2, 0.25) is 0 Å². The molecule has 4 heteroatoms. The Morgan fingerprint density at radius 1 is 0.500 bits per heavy atom. The summed E-state index contributed by atoms with van der Waals surface area (Å²) in [5, 5.41) is 9.99. The highest BCUT2D eigenvalue weighted by molar-refractivity contribution is 5.96. The lowest BCUT2D eigenvalue weighted by Crippen LogP contribution is -2.42. The van der Waals surface area contributed by atoms with Crippen LogP contribution in [0.15, 0.2) is 140 Å². The first-order chi connectivity index (χ1) is 27.4. The van der Waals surface area contributed by atoms with E-state index in [0.29, 0.717) is 23.0 Å². The Morgan fingerprint density at radius 2 is 1.04 bits per heavy atom. The van der Waals surface area contributed by atoms with Crippen molar-refractivity contribution in [3.8, 4) is 62.5 Å². The highest BCUT2D eigenvalue weighted by Gasteiger charge is 2.52. The van der Waals surface area contributed by atoms with E-state index >= 15 is 0 Å². The van der Waals surface area contributed by atoms with Crippen molar-refractivity contribution in [3.63, 3.8) is 0 Å². The lowest BCUT2D eigenvalue weighted by molar-refractivity contribution is 0.0780. The Bertz CT molecular complexity index is 2680. The van der Waals surface area contributed by atoms with Crippen molar-refractivity contribution in [1.29, 1.82) is 5.26 Å². The Kier molecular flexibility index (Phi) is 7.36. The number of benzene rings is 6. The topological polar surface area (TPSA) is 62.5 Å². The number of hydrogen-bond acceptors (Lipinski definition) is 4. The summed E-state index contributed by atoms with van der Waals surface area (Å²) in [7, 11) is 0. The van der Waals surface area contributed by atoms with Crippen LogP contribution in [-0.2, 0) is 10.8 Å². The summed E-state index contributed by atoms with van der Waals surface area (Å²) in [5.41, 5.74) is 14.4. The van der Waals surface area contributed by atoms with E-state index in [1.54, 1.807) is 0 Å². The summed E-state index contributed by atoms with van der Waals surface area (Å²) in [6.45, 7) is 4.91. The maximum Gasteiger partial charge on any atom is 0.164 e. The van der Waals surface area contributed by atoms with E-state index in [1.807, 2.05) is 24.3 Å². The van der Waals surface area contributed by atoms with E-state index in [0.717, 1.165) is 45.6 Å². The van der Waals surface area contributed by atoms with E-state index in [1.165, 1.54) is 71.0 Å². The molecule has 2 saturated carbocycles. The predicted molar refractivity (Wildman–Crippen MR) is 224 cm³/mol. The molecule has 1 heterocycles. The van der Waals surface area contributed by atoms with Crippen LogP contribution in [0.5, 0.6) is 0 Å². The number of hydrogen-bond donors (Lipinski definition) is 0. The van der Waals surface area contributed by atoms with Crippen molar-refractivity contribution in [2.24, 2.45) is 17.8 Å². The van der Waals surface area contributed by atoms with Gasteiger partial charge in [-0.3, -0.25) is 0 Å². The monoisotopic (exact) mass is 722 g/mol. The van der Waals surface area contributed by atoms with Gasteiger partial charge in [-0.2, -0.15) is 5.26 Å². The summed E-state index contributed by atoms with van der Waals surface area (Å²) in [6, 6.07) is 52.3. The molecule has 4 atom stereocenters. The van der Waals surface area contributed by atoms with Crippen LogP contribution in [0, 0.1) is 29.1 Å². The average Bonchev–Trinajstić information content (AvgIpc) is 3.70. The molecule has 0 radical (unpaired) electrons. The highest BCUT2D eigenvalue weighted by Crippen LogP contribution is 2.63. The molecule has 4 aliphatic rings. The Labute approximate surface area is 329 Å².